The standard InChI is InChI=1S/C30H28ClFN4O3S/c1-35-14-13-33-29(35)18-36(30(37)27-17-25(27)19-5-9-21(31)10-6-19)23-11-7-20-8-12-28(26(20)16-23)34-40(38,39)24-4-2-3-22(32)15-24/h2-7,9-11,13-16,25,27-28,34H,8,12,17-18H2,1H3/t25-,27+,28-/m1/s1. The summed E-state index contributed by atoms with van der Waals surface area (Å²) in [5, 5.41) is 0.657. The van der Waals surface area contributed by atoms with Crippen molar-refractivity contribution in [3.8, 4) is 0 Å². The highest BCUT2D eigenvalue weighted by Gasteiger charge is 2.46. The van der Waals surface area contributed by atoms with Crippen LogP contribution < -0.4 is 9.62 Å². The summed E-state index contributed by atoms with van der Waals surface area (Å²) in [5.74, 6) is 0.0713. The number of carbonyl (C=O) groups excluding carboxylic acids is 1. The molecule has 0 bridgehead atoms. The largest absolute Gasteiger partial charge is 0.337 e. The molecule has 10 heteroatoms. The fraction of sp³-hybridized carbons (Fsp3) is 0.267. The molecule has 40 heavy (non-hydrogen) atoms. The molecular weight excluding hydrogens is 551 g/mol. The fourth-order valence-electron chi connectivity index (χ4n) is 5.50. The fourth-order valence-corrected chi connectivity index (χ4v) is 6.91. The average molecular weight is 579 g/mol. The predicted molar refractivity (Wildman–Crippen MR) is 151 cm³/mol. The Bertz CT molecular complexity index is 1690. The second-order valence-corrected chi connectivity index (χ2v) is 12.6. The third kappa shape index (κ3) is 5.29. The maximum atomic E-state index is 13.9. The van der Waals surface area contributed by atoms with Crippen LogP contribution in [0, 0.1) is 11.7 Å². The van der Waals surface area contributed by atoms with E-state index in [1.165, 1.54) is 18.2 Å². The maximum absolute atomic E-state index is 13.9. The Labute approximate surface area is 237 Å². The highest BCUT2D eigenvalue weighted by molar-refractivity contribution is 7.89. The van der Waals surface area contributed by atoms with E-state index < -0.39 is 21.9 Å². The molecule has 0 saturated heterocycles. The molecular formula is C30H28ClFN4O3S. The van der Waals surface area contributed by atoms with Crippen molar-refractivity contribution in [2.45, 2.75) is 42.7 Å². The van der Waals surface area contributed by atoms with Crippen LogP contribution in [-0.2, 0) is 34.8 Å². The molecule has 3 atom stereocenters. The number of amides is 1. The number of benzene rings is 3. The number of aromatic nitrogens is 2. The van der Waals surface area contributed by atoms with Crippen molar-refractivity contribution in [3.05, 3.63) is 112 Å². The number of hydrogen-bond donors (Lipinski definition) is 1. The van der Waals surface area contributed by atoms with Crippen LogP contribution in [0.25, 0.3) is 0 Å². The molecule has 2 aliphatic carbocycles. The Morgan fingerprint density at radius 3 is 2.67 bits per heavy atom. The first kappa shape index (κ1) is 26.7. The molecule has 4 aromatic rings. The Hall–Kier alpha value is -3.53. The van der Waals surface area contributed by atoms with E-state index in [0.29, 0.717) is 23.6 Å². The lowest BCUT2D eigenvalue weighted by molar-refractivity contribution is -0.120. The van der Waals surface area contributed by atoms with Gasteiger partial charge in [-0.1, -0.05) is 35.9 Å². The zero-order chi connectivity index (χ0) is 28.0. The van der Waals surface area contributed by atoms with Gasteiger partial charge in [-0.2, -0.15) is 0 Å². The summed E-state index contributed by atoms with van der Waals surface area (Å²) in [6.07, 6.45) is 5.55. The Morgan fingerprint density at radius 2 is 1.95 bits per heavy atom. The number of aryl methyl sites for hydroxylation is 2. The SMILES string of the molecule is Cn1ccnc1CN(C(=O)[C@H]1C[C@@H]1c1ccc(Cl)cc1)c1ccc2c(c1)[C@H](NS(=O)(=O)c1cccc(F)c1)CC2. The summed E-state index contributed by atoms with van der Waals surface area (Å²) in [4.78, 5) is 20.0. The van der Waals surface area contributed by atoms with E-state index in [0.717, 1.165) is 35.0 Å². The number of rotatable bonds is 8. The molecule has 1 heterocycles. The van der Waals surface area contributed by atoms with E-state index in [2.05, 4.69) is 9.71 Å². The topological polar surface area (TPSA) is 84.3 Å². The number of nitrogens with zero attached hydrogens (tertiary/aromatic N) is 3. The monoisotopic (exact) mass is 578 g/mol. The minimum atomic E-state index is -3.94. The van der Waals surface area contributed by atoms with E-state index in [4.69, 9.17) is 11.6 Å². The summed E-state index contributed by atoms with van der Waals surface area (Å²) < 4.78 is 44.5. The third-order valence-electron chi connectivity index (χ3n) is 7.82. The minimum absolute atomic E-state index is 0.00205. The van der Waals surface area contributed by atoms with Gasteiger partial charge in [0.25, 0.3) is 0 Å². The first-order valence-corrected chi connectivity index (χ1v) is 15.0. The van der Waals surface area contributed by atoms with E-state index in [-0.39, 0.29) is 29.2 Å². The molecule has 1 N–H and O–H groups in total. The lowest BCUT2D eigenvalue weighted by Gasteiger charge is -2.25. The van der Waals surface area contributed by atoms with E-state index in [9.17, 15) is 17.6 Å². The van der Waals surface area contributed by atoms with Crippen LogP contribution in [0.2, 0.25) is 5.02 Å². The molecule has 1 aromatic heterocycles. The molecule has 7 nitrogen and oxygen atoms in total. The zero-order valence-corrected chi connectivity index (χ0v) is 23.4. The van der Waals surface area contributed by atoms with Gasteiger partial charge in [0.05, 0.1) is 11.4 Å². The smallest absolute Gasteiger partial charge is 0.241 e. The molecule has 6 rings (SSSR count). The Balaban J connectivity index is 1.29. The van der Waals surface area contributed by atoms with E-state index in [1.54, 1.807) is 11.1 Å². The second kappa shape index (κ2) is 10.5. The molecule has 0 unspecified atom stereocenters. The van der Waals surface area contributed by atoms with Crippen LogP contribution in [0.15, 0.2) is 84.0 Å². The van der Waals surface area contributed by atoms with Crippen LogP contribution in [0.1, 0.15) is 47.3 Å². The third-order valence-corrected chi connectivity index (χ3v) is 9.54. The summed E-state index contributed by atoms with van der Waals surface area (Å²) in [7, 11) is -2.06. The molecule has 0 spiro atoms. The maximum Gasteiger partial charge on any atom is 0.241 e. The number of imidazole rings is 1. The highest BCUT2D eigenvalue weighted by atomic mass is 35.5. The number of anilines is 1. The van der Waals surface area contributed by atoms with Gasteiger partial charge in [0.15, 0.2) is 0 Å². The molecule has 3 aromatic carbocycles. The summed E-state index contributed by atoms with van der Waals surface area (Å²) in [6, 6.07) is 17.9. The van der Waals surface area contributed by atoms with Gasteiger partial charge < -0.3 is 9.47 Å². The number of hydrogen-bond acceptors (Lipinski definition) is 4. The van der Waals surface area contributed by atoms with E-state index in [1.807, 2.05) is 60.3 Å². The Kier molecular flexibility index (Phi) is 6.98. The summed E-state index contributed by atoms with van der Waals surface area (Å²) >= 11 is 6.06. The van der Waals surface area contributed by atoms with Crippen molar-refractivity contribution >= 4 is 33.2 Å². The van der Waals surface area contributed by atoms with Crippen LogP contribution in [0.3, 0.4) is 0 Å². The van der Waals surface area contributed by atoms with Gasteiger partial charge in [0.1, 0.15) is 11.6 Å². The minimum Gasteiger partial charge on any atom is -0.337 e. The number of sulfonamides is 1. The van der Waals surface area contributed by atoms with Crippen LogP contribution in [0.4, 0.5) is 10.1 Å². The number of fused-ring (bicyclic) bond motifs is 1. The van der Waals surface area contributed by atoms with Crippen molar-refractivity contribution in [2.24, 2.45) is 13.0 Å². The van der Waals surface area contributed by atoms with Crippen LogP contribution in [0.5, 0.6) is 0 Å². The van der Waals surface area contributed by atoms with E-state index >= 15 is 0 Å². The molecule has 1 fully saturated rings. The Morgan fingerprint density at radius 1 is 1.15 bits per heavy atom. The molecule has 206 valence electrons. The van der Waals surface area contributed by atoms with Gasteiger partial charge in [0, 0.05) is 42.1 Å². The molecule has 0 aliphatic heterocycles. The summed E-state index contributed by atoms with van der Waals surface area (Å²) in [5.41, 5.74) is 3.61. The van der Waals surface area contributed by atoms with Crippen molar-refractivity contribution in [1.82, 2.24) is 14.3 Å². The number of nitrogens with one attached hydrogen (secondary N) is 1. The van der Waals surface area contributed by atoms with Gasteiger partial charge in [0.2, 0.25) is 15.9 Å². The van der Waals surface area contributed by atoms with Crippen molar-refractivity contribution in [2.75, 3.05) is 4.90 Å². The normalized spacial score (nSPS) is 19.8. The van der Waals surface area contributed by atoms with Crippen molar-refractivity contribution in [3.63, 3.8) is 0 Å². The molecule has 0 radical (unpaired) electrons. The average Bonchev–Trinajstić information content (AvgIpc) is 3.49. The van der Waals surface area contributed by atoms with Crippen molar-refractivity contribution in [1.29, 1.82) is 0 Å². The molecule has 1 amide bonds. The molecule has 2 aliphatic rings. The van der Waals surface area contributed by atoms with Crippen LogP contribution in [-0.4, -0.2) is 23.9 Å². The lowest BCUT2D eigenvalue weighted by atomic mass is 10.1. The second-order valence-electron chi connectivity index (χ2n) is 10.4. The first-order valence-electron chi connectivity index (χ1n) is 13.1. The highest BCUT2D eigenvalue weighted by Crippen LogP contribution is 2.49. The quantitative estimate of drug-likeness (QED) is 0.299. The zero-order valence-electron chi connectivity index (χ0n) is 21.8. The van der Waals surface area contributed by atoms with Crippen molar-refractivity contribution < 1.29 is 17.6 Å². The van der Waals surface area contributed by atoms with Gasteiger partial charge in [-0.3, -0.25) is 4.79 Å². The first-order chi connectivity index (χ1) is 19.2. The number of halogens is 2. The van der Waals surface area contributed by atoms with Gasteiger partial charge in [-0.15, -0.1) is 0 Å². The predicted octanol–water partition coefficient (Wildman–Crippen LogP) is 5.52. The van der Waals surface area contributed by atoms with Gasteiger partial charge in [-0.25, -0.2) is 22.5 Å². The van der Waals surface area contributed by atoms with Gasteiger partial charge >= 0.3 is 0 Å². The summed E-state index contributed by atoms with van der Waals surface area (Å²) in [6.45, 7) is 0.282. The van der Waals surface area contributed by atoms with Gasteiger partial charge in [-0.05, 0) is 84.3 Å². The number of carbonyl (C=O) groups is 1. The lowest BCUT2D eigenvalue weighted by Crippen LogP contribution is -2.33. The van der Waals surface area contributed by atoms with Crippen LogP contribution >= 0.6 is 11.6 Å². The molecule has 1 saturated carbocycles.